The molecule has 0 aliphatic carbocycles. The number of hydrogen-bond acceptors (Lipinski definition) is 5. The molecule has 1 aromatic heterocycles. The Morgan fingerprint density at radius 1 is 1.47 bits per heavy atom. The van der Waals surface area contributed by atoms with Crippen molar-refractivity contribution < 1.29 is 8.42 Å². The van der Waals surface area contributed by atoms with Gasteiger partial charge in [0.2, 0.25) is 0 Å². The van der Waals surface area contributed by atoms with Gasteiger partial charge in [-0.25, -0.2) is 13.4 Å². The SMILES string of the molecule is CC(CS(C)(=O)=O)Nc1ccc2ncsc2c1. The number of nitrogens with one attached hydrogen (secondary N) is 1. The zero-order valence-corrected chi connectivity index (χ0v) is 11.3. The quantitative estimate of drug-likeness (QED) is 0.924. The molecule has 0 aliphatic rings. The maximum Gasteiger partial charge on any atom is 0.149 e. The fourth-order valence-corrected chi connectivity index (χ4v) is 3.43. The number of hydrogen-bond donors (Lipinski definition) is 1. The van der Waals surface area contributed by atoms with Gasteiger partial charge >= 0.3 is 0 Å². The van der Waals surface area contributed by atoms with Crippen LogP contribution < -0.4 is 5.32 Å². The van der Waals surface area contributed by atoms with E-state index < -0.39 is 9.84 Å². The monoisotopic (exact) mass is 270 g/mol. The Hall–Kier alpha value is -1.14. The van der Waals surface area contributed by atoms with Gasteiger partial charge in [-0.15, -0.1) is 11.3 Å². The lowest BCUT2D eigenvalue weighted by Gasteiger charge is -2.13. The first-order chi connectivity index (χ1) is 7.94. The molecule has 0 aliphatic heterocycles. The van der Waals surface area contributed by atoms with Crippen molar-refractivity contribution in [3.05, 3.63) is 23.7 Å². The van der Waals surface area contributed by atoms with Crippen LogP contribution in [-0.4, -0.2) is 31.5 Å². The van der Waals surface area contributed by atoms with Crippen molar-refractivity contribution in [1.82, 2.24) is 4.98 Å². The second kappa shape index (κ2) is 4.62. The first-order valence-corrected chi connectivity index (χ1v) is 8.15. The van der Waals surface area contributed by atoms with Crippen LogP contribution in [0.25, 0.3) is 10.2 Å². The van der Waals surface area contributed by atoms with E-state index in [1.165, 1.54) is 6.26 Å². The maximum absolute atomic E-state index is 11.2. The molecule has 0 saturated carbocycles. The van der Waals surface area contributed by atoms with E-state index >= 15 is 0 Å². The number of rotatable bonds is 4. The Bertz CT molecular complexity index is 619. The van der Waals surface area contributed by atoms with Gasteiger partial charge in [-0.3, -0.25) is 0 Å². The number of benzene rings is 1. The van der Waals surface area contributed by atoms with Crippen molar-refractivity contribution in [1.29, 1.82) is 0 Å². The zero-order valence-electron chi connectivity index (χ0n) is 9.67. The Morgan fingerprint density at radius 2 is 2.24 bits per heavy atom. The summed E-state index contributed by atoms with van der Waals surface area (Å²) in [5.74, 6) is 0.133. The lowest BCUT2D eigenvalue weighted by Crippen LogP contribution is -2.24. The van der Waals surface area contributed by atoms with Crippen LogP contribution >= 0.6 is 11.3 Å². The minimum absolute atomic E-state index is 0.102. The third-order valence-electron chi connectivity index (χ3n) is 2.30. The summed E-state index contributed by atoms with van der Waals surface area (Å²) in [4.78, 5) is 4.19. The fraction of sp³-hybridized carbons (Fsp3) is 0.364. The number of thiazole rings is 1. The Labute approximate surface area is 105 Å². The van der Waals surface area contributed by atoms with Crippen molar-refractivity contribution in [2.75, 3.05) is 17.3 Å². The minimum atomic E-state index is -2.95. The molecule has 0 amide bonds. The highest BCUT2D eigenvalue weighted by atomic mass is 32.2. The normalized spacial score (nSPS) is 13.8. The molecule has 0 saturated heterocycles. The summed E-state index contributed by atoms with van der Waals surface area (Å²) in [6.07, 6.45) is 1.25. The molecule has 6 heteroatoms. The van der Waals surface area contributed by atoms with Gasteiger partial charge in [0, 0.05) is 18.0 Å². The molecule has 1 unspecified atom stereocenters. The van der Waals surface area contributed by atoms with Gasteiger partial charge in [0.1, 0.15) is 9.84 Å². The third-order valence-corrected chi connectivity index (χ3v) is 4.19. The largest absolute Gasteiger partial charge is 0.382 e. The topological polar surface area (TPSA) is 59.1 Å². The van der Waals surface area contributed by atoms with Crippen LogP contribution in [0.1, 0.15) is 6.92 Å². The molecule has 1 N–H and O–H groups in total. The maximum atomic E-state index is 11.2. The Morgan fingerprint density at radius 3 is 2.94 bits per heavy atom. The average Bonchev–Trinajstić information content (AvgIpc) is 2.61. The van der Waals surface area contributed by atoms with Gasteiger partial charge in [0.25, 0.3) is 0 Å². The Kier molecular flexibility index (Phi) is 3.35. The molecule has 1 atom stereocenters. The van der Waals surface area contributed by atoms with Gasteiger partial charge in [-0.2, -0.15) is 0 Å². The summed E-state index contributed by atoms with van der Waals surface area (Å²) in [5, 5.41) is 3.18. The molecule has 0 spiro atoms. The predicted molar refractivity (Wildman–Crippen MR) is 72.4 cm³/mol. The first kappa shape index (κ1) is 12.3. The van der Waals surface area contributed by atoms with E-state index in [4.69, 9.17) is 0 Å². The molecule has 0 fully saturated rings. The molecule has 1 heterocycles. The van der Waals surface area contributed by atoms with Gasteiger partial charge in [0.15, 0.2) is 0 Å². The van der Waals surface area contributed by atoms with Gasteiger partial charge in [0.05, 0.1) is 21.5 Å². The van der Waals surface area contributed by atoms with Gasteiger partial charge in [-0.1, -0.05) is 0 Å². The summed E-state index contributed by atoms with van der Waals surface area (Å²) in [6, 6.07) is 5.74. The lowest BCUT2D eigenvalue weighted by atomic mass is 10.2. The number of sulfone groups is 1. The highest BCUT2D eigenvalue weighted by molar-refractivity contribution is 7.90. The van der Waals surface area contributed by atoms with E-state index in [0.717, 1.165) is 15.9 Å². The molecular formula is C11H14N2O2S2. The van der Waals surface area contributed by atoms with Crippen LogP contribution in [0.5, 0.6) is 0 Å². The summed E-state index contributed by atoms with van der Waals surface area (Å²) >= 11 is 1.57. The predicted octanol–water partition coefficient (Wildman–Crippen LogP) is 2.14. The summed E-state index contributed by atoms with van der Waals surface area (Å²) in [7, 11) is -2.95. The third kappa shape index (κ3) is 3.41. The van der Waals surface area contributed by atoms with Gasteiger partial charge < -0.3 is 5.32 Å². The molecular weight excluding hydrogens is 256 g/mol. The summed E-state index contributed by atoms with van der Waals surface area (Å²) < 4.78 is 23.4. The second-order valence-electron chi connectivity index (χ2n) is 4.17. The Balaban J connectivity index is 2.12. The van der Waals surface area contributed by atoms with Crippen LogP contribution in [0.4, 0.5) is 5.69 Å². The molecule has 92 valence electrons. The van der Waals surface area contributed by atoms with Crippen LogP contribution in [-0.2, 0) is 9.84 Å². The van der Waals surface area contributed by atoms with E-state index in [-0.39, 0.29) is 11.8 Å². The number of fused-ring (bicyclic) bond motifs is 1. The van der Waals surface area contributed by atoms with Crippen LogP contribution in [0.15, 0.2) is 23.7 Å². The first-order valence-electron chi connectivity index (χ1n) is 5.21. The van der Waals surface area contributed by atoms with Crippen LogP contribution in [0.3, 0.4) is 0 Å². The van der Waals surface area contributed by atoms with Crippen LogP contribution in [0, 0.1) is 0 Å². The van der Waals surface area contributed by atoms with Crippen molar-refractivity contribution in [2.24, 2.45) is 0 Å². The van der Waals surface area contributed by atoms with E-state index in [2.05, 4.69) is 10.3 Å². The smallest absolute Gasteiger partial charge is 0.149 e. The number of aromatic nitrogens is 1. The molecule has 2 aromatic rings. The average molecular weight is 270 g/mol. The standard InChI is InChI=1S/C11H14N2O2S2/c1-8(6-17(2,14)15)13-9-3-4-10-11(5-9)16-7-12-10/h3-5,7-8,13H,6H2,1-2H3. The highest BCUT2D eigenvalue weighted by Gasteiger charge is 2.10. The van der Waals surface area contributed by atoms with Gasteiger partial charge in [-0.05, 0) is 25.1 Å². The molecule has 4 nitrogen and oxygen atoms in total. The van der Waals surface area contributed by atoms with E-state index in [1.54, 1.807) is 16.8 Å². The zero-order chi connectivity index (χ0) is 12.5. The van der Waals surface area contributed by atoms with Crippen LogP contribution in [0.2, 0.25) is 0 Å². The second-order valence-corrected chi connectivity index (χ2v) is 7.24. The van der Waals surface area contributed by atoms with E-state index in [9.17, 15) is 8.42 Å². The number of anilines is 1. The van der Waals surface area contributed by atoms with E-state index in [0.29, 0.717) is 0 Å². The van der Waals surface area contributed by atoms with E-state index in [1.807, 2.05) is 25.1 Å². The molecule has 0 bridgehead atoms. The van der Waals surface area contributed by atoms with Crippen molar-refractivity contribution in [2.45, 2.75) is 13.0 Å². The number of nitrogens with zero attached hydrogens (tertiary/aromatic N) is 1. The molecule has 17 heavy (non-hydrogen) atoms. The summed E-state index contributed by atoms with van der Waals surface area (Å²) in [5.41, 5.74) is 3.70. The molecule has 0 radical (unpaired) electrons. The highest BCUT2D eigenvalue weighted by Crippen LogP contribution is 2.22. The fourth-order valence-electron chi connectivity index (χ4n) is 1.73. The molecule has 2 rings (SSSR count). The van der Waals surface area contributed by atoms with Crippen molar-refractivity contribution >= 4 is 37.1 Å². The van der Waals surface area contributed by atoms with Crippen molar-refractivity contribution in [3.63, 3.8) is 0 Å². The molecule has 1 aromatic carbocycles. The minimum Gasteiger partial charge on any atom is -0.382 e. The van der Waals surface area contributed by atoms with Crippen molar-refractivity contribution in [3.8, 4) is 0 Å². The summed E-state index contributed by atoms with van der Waals surface area (Å²) in [6.45, 7) is 1.86. The lowest BCUT2D eigenvalue weighted by molar-refractivity contribution is 0.598.